The van der Waals surface area contributed by atoms with Crippen LogP contribution in [0.4, 0.5) is 0 Å². The second-order valence-electron chi connectivity index (χ2n) is 9.27. The molecule has 34 heavy (non-hydrogen) atoms. The Labute approximate surface area is 203 Å². The standard InChI is InChI=1S/C28H30N2O3S/c1-16(2)21-13-9-20(10-14-21)15-23-26(31)30-25(22-11-7-18(5)8-12-22)24(27(32)33-17(3)4)19(6)29-28(30)34-23/h7-17,25H,1-6H3/b23-15+/t25-/m0/s1. The second kappa shape index (κ2) is 9.55. The van der Waals surface area contributed by atoms with E-state index in [2.05, 4.69) is 31.0 Å². The van der Waals surface area contributed by atoms with E-state index in [1.165, 1.54) is 16.9 Å². The van der Waals surface area contributed by atoms with Crippen LogP contribution in [0, 0.1) is 6.92 Å². The minimum atomic E-state index is -0.589. The summed E-state index contributed by atoms with van der Waals surface area (Å²) in [6.07, 6.45) is 1.62. The molecule has 0 bridgehead atoms. The van der Waals surface area contributed by atoms with E-state index in [0.29, 0.717) is 26.5 Å². The fourth-order valence-corrected chi connectivity index (χ4v) is 5.10. The summed E-state index contributed by atoms with van der Waals surface area (Å²) in [6, 6.07) is 15.5. The summed E-state index contributed by atoms with van der Waals surface area (Å²) < 4.78 is 7.76. The maximum atomic E-state index is 13.6. The molecule has 0 fully saturated rings. The molecule has 176 valence electrons. The van der Waals surface area contributed by atoms with Gasteiger partial charge in [0.25, 0.3) is 5.56 Å². The van der Waals surface area contributed by atoms with Gasteiger partial charge in [-0.1, -0.05) is 79.3 Å². The summed E-state index contributed by atoms with van der Waals surface area (Å²) >= 11 is 1.34. The lowest BCUT2D eigenvalue weighted by atomic mass is 9.95. The Bertz CT molecular complexity index is 1420. The van der Waals surface area contributed by atoms with Crippen LogP contribution in [-0.4, -0.2) is 16.6 Å². The van der Waals surface area contributed by atoms with Gasteiger partial charge in [0.05, 0.1) is 27.9 Å². The van der Waals surface area contributed by atoms with Crippen molar-refractivity contribution >= 4 is 23.4 Å². The van der Waals surface area contributed by atoms with E-state index in [9.17, 15) is 9.59 Å². The minimum Gasteiger partial charge on any atom is -0.459 e. The van der Waals surface area contributed by atoms with Crippen molar-refractivity contribution in [3.05, 3.63) is 102 Å². The number of esters is 1. The van der Waals surface area contributed by atoms with Crippen molar-refractivity contribution in [2.75, 3.05) is 0 Å². The second-order valence-corrected chi connectivity index (χ2v) is 10.3. The highest BCUT2D eigenvalue weighted by Crippen LogP contribution is 2.31. The van der Waals surface area contributed by atoms with Gasteiger partial charge < -0.3 is 4.74 Å². The van der Waals surface area contributed by atoms with Crippen LogP contribution in [-0.2, 0) is 9.53 Å². The first-order valence-corrected chi connectivity index (χ1v) is 12.4. The first-order chi connectivity index (χ1) is 16.2. The Morgan fingerprint density at radius 1 is 1.03 bits per heavy atom. The van der Waals surface area contributed by atoms with Gasteiger partial charge in [-0.05, 0) is 56.4 Å². The number of aromatic nitrogens is 1. The van der Waals surface area contributed by atoms with Gasteiger partial charge in [0.2, 0.25) is 0 Å². The molecule has 0 saturated heterocycles. The molecule has 1 aromatic heterocycles. The first kappa shape index (κ1) is 23.9. The Morgan fingerprint density at radius 3 is 2.26 bits per heavy atom. The highest BCUT2D eigenvalue weighted by Gasteiger charge is 2.33. The zero-order chi connectivity index (χ0) is 24.6. The molecule has 0 aliphatic carbocycles. The van der Waals surface area contributed by atoms with E-state index >= 15 is 0 Å². The Kier molecular flexibility index (Phi) is 6.71. The third kappa shape index (κ3) is 4.68. The van der Waals surface area contributed by atoms with Gasteiger partial charge in [0.1, 0.15) is 0 Å². The molecule has 0 unspecified atom stereocenters. The van der Waals surface area contributed by atoms with Crippen LogP contribution in [0.3, 0.4) is 0 Å². The van der Waals surface area contributed by atoms with Crippen LogP contribution < -0.4 is 14.9 Å². The SMILES string of the molecule is CC1=C(C(=O)OC(C)C)[C@H](c2ccc(C)cc2)n2c(s/c(=C/c3ccc(C(C)C)cc3)c2=O)=N1. The van der Waals surface area contributed by atoms with Crippen LogP contribution >= 0.6 is 11.3 Å². The summed E-state index contributed by atoms with van der Waals surface area (Å²) in [5.74, 6) is 0.00115. The summed E-state index contributed by atoms with van der Waals surface area (Å²) in [4.78, 5) is 32.0. The minimum absolute atomic E-state index is 0.162. The average molecular weight is 475 g/mol. The normalized spacial score (nSPS) is 16.1. The smallest absolute Gasteiger partial charge is 0.338 e. The molecule has 3 aromatic rings. The van der Waals surface area contributed by atoms with Crippen LogP contribution in [0.15, 0.2) is 69.6 Å². The van der Waals surface area contributed by atoms with Gasteiger partial charge in [0, 0.05) is 0 Å². The molecule has 1 aliphatic heterocycles. The summed E-state index contributed by atoms with van der Waals surface area (Å²) in [6.45, 7) is 11.8. The Morgan fingerprint density at radius 2 is 1.68 bits per heavy atom. The molecule has 0 amide bonds. The zero-order valence-corrected chi connectivity index (χ0v) is 21.3. The highest BCUT2D eigenvalue weighted by molar-refractivity contribution is 7.07. The molecule has 6 heteroatoms. The van der Waals surface area contributed by atoms with E-state index in [1.807, 2.05) is 63.2 Å². The summed E-state index contributed by atoms with van der Waals surface area (Å²) in [5, 5.41) is 0. The van der Waals surface area contributed by atoms with Crippen LogP contribution in [0.2, 0.25) is 0 Å². The molecular formula is C28H30N2O3S. The van der Waals surface area contributed by atoms with Crippen LogP contribution in [0.1, 0.15) is 68.8 Å². The van der Waals surface area contributed by atoms with E-state index in [0.717, 1.165) is 16.7 Å². The lowest BCUT2D eigenvalue weighted by Gasteiger charge is -2.25. The van der Waals surface area contributed by atoms with Crippen molar-refractivity contribution in [2.24, 2.45) is 4.99 Å². The number of thiazole rings is 1. The molecule has 2 aromatic carbocycles. The number of hydrogen-bond acceptors (Lipinski definition) is 5. The summed E-state index contributed by atoms with van der Waals surface area (Å²) in [7, 11) is 0. The van der Waals surface area contributed by atoms with Gasteiger partial charge in [-0.2, -0.15) is 0 Å². The number of rotatable bonds is 5. The third-order valence-corrected chi connectivity index (χ3v) is 6.86. The van der Waals surface area contributed by atoms with Crippen molar-refractivity contribution in [3.63, 3.8) is 0 Å². The lowest BCUT2D eigenvalue weighted by Crippen LogP contribution is -2.40. The van der Waals surface area contributed by atoms with Crippen molar-refractivity contribution in [1.29, 1.82) is 0 Å². The van der Waals surface area contributed by atoms with E-state index in [-0.39, 0.29) is 11.7 Å². The Balaban J connectivity index is 1.89. The van der Waals surface area contributed by atoms with Crippen LogP contribution in [0.5, 0.6) is 0 Å². The molecule has 0 radical (unpaired) electrons. The van der Waals surface area contributed by atoms with Gasteiger partial charge in [0.15, 0.2) is 4.80 Å². The van der Waals surface area contributed by atoms with Crippen molar-refractivity contribution in [1.82, 2.24) is 4.57 Å². The first-order valence-electron chi connectivity index (χ1n) is 11.6. The number of allylic oxidation sites excluding steroid dienone is 1. The maximum absolute atomic E-state index is 13.6. The van der Waals surface area contributed by atoms with E-state index in [1.54, 1.807) is 11.5 Å². The molecule has 0 saturated carbocycles. The monoisotopic (exact) mass is 474 g/mol. The maximum Gasteiger partial charge on any atom is 0.338 e. The fraction of sp³-hybridized carbons (Fsp3) is 0.321. The topological polar surface area (TPSA) is 60.7 Å². The van der Waals surface area contributed by atoms with Crippen molar-refractivity contribution < 1.29 is 9.53 Å². The molecule has 0 N–H and O–H groups in total. The fourth-order valence-electron chi connectivity index (χ4n) is 4.05. The third-order valence-electron chi connectivity index (χ3n) is 5.88. The van der Waals surface area contributed by atoms with Gasteiger partial charge in [-0.3, -0.25) is 9.36 Å². The summed E-state index contributed by atoms with van der Waals surface area (Å²) in [5.41, 5.74) is 4.98. The molecule has 1 aliphatic rings. The van der Waals surface area contributed by atoms with Gasteiger partial charge in [-0.15, -0.1) is 0 Å². The zero-order valence-electron chi connectivity index (χ0n) is 20.5. The van der Waals surface area contributed by atoms with Crippen molar-refractivity contribution in [3.8, 4) is 0 Å². The number of ether oxygens (including phenoxy) is 1. The number of aryl methyl sites for hydroxylation is 1. The molecule has 1 atom stereocenters. The largest absolute Gasteiger partial charge is 0.459 e. The molecule has 2 heterocycles. The van der Waals surface area contributed by atoms with E-state index in [4.69, 9.17) is 4.74 Å². The van der Waals surface area contributed by atoms with Crippen LogP contribution in [0.25, 0.3) is 6.08 Å². The quantitative estimate of drug-likeness (QED) is 0.507. The number of benzene rings is 2. The van der Waals surface area contributed by atoms with Gasteiger partial charge in [-0.25, -0.2) is 9.79 Å². The average Bonchev–Trinajstić information content (AvgIpc) is 3.07. The molecule has 4 rings (SSSR count). The van der Waals surface area contributed by atoms with Gasteiger partial charge >= 0.3 is 5.97 Å². The number of fused-ring (bicyclic) bond motifs is 1. The predicted molar refractivity (Wildman–Crippen MR) is 137 cm³/mol. The number of carbonyl (C=O) groups excluding carboxylic acids is 1. The highest BCUT2D eigenvalue weighted by atomic mass is 32.1. The molecular weight excluding hydrogens is 444 g/mol. The lowest BCUT2D eigenvalue weighted by molar-refractivity contribution is -0.143. The number of hydrogen-bond donors (Lipinski definition) is 0. The molecule has 5 nitrogen and oxygen atoms in total. The van der Waals surface area contributed by atoms with E-state index < -0.39 is 12.0 Å². The predicted octanol–water partition coefficient (Wildman–Crippen LogP) is 4.62. The number of nitrogens with zero attached hydrogens (tertiary/aromatic N) is 2. The molecule has 0 spiro atoms. The van der Waals surface area contributed by atoms with Crippen molar-refractivity contribution in [2.45, 2.75) is 59.6 Å². The Hall–Kier alpha value is -3.25. The number of carbonyl (C=O) groups is 1.